The number of fused-ring (bicyclic) bond motifs is 1. The van der Waals surface area contributed by atoms with Crippen LogP contribution < -0.4 is 5.32 Å². The fourth-order valence-corrected chi connectivity index (χ4v) is 3.69. The van der Waals surface area contributed by atoms with Gasteiger partial charge in [-0.2, -0.15) is 0 Å². The van der Waals surface area contributed by atoms with Gasteiger partial charge in [0.1, 0.15) is 0 Å². The van der Waals surface area contributed by atoms with Crippen LogP contribution in [-0.4, -0.2) is 21.6 Å². The van der Waals surface area contributed by atoms with Crippen LogP contribution in [-0.2, 0) is 4.79 Å². The number of carbonyl (C=O) groups excluding carboxylic acids is 1. The lowest BCUT2D eigenvalue weighted by molar-refractivity contribution is -0.384. The van der Waals surface area contributed by atoms with Gasteiger partial charge < -0.3 is 5.32 Å². The summed E-state index contributed by atoms with van der Waals surface area (Å²) >= 11 is 2.92. The lowest BCUT2D eigenvalue weighted by Gasteiger charge is -2.05. The third-order valence-electron chi connectivity index (χ3n) is 3.20. The second-order valence-electron chi connectivity index (χ2n) is 5.00. The third kappa shape index (κ3) is 3.90. The van der Waals surface area contributed by atoms with E-state index in [1.165, 1.54) is 23.9 Å². The Morgan fingerprint density at radius 3 is 2.75 bits per heavy atom. The van der Waals surface area contributed by atoms with Gasteiger partial charge in [-0.15, -0.1) is 23.1 Å². The number of hydrogen-bond acceptors (Lipinski definition) is 6. The second-order valence-corrected chi connectivity index (χ2v) is 7.29. The van der Waals surface area contributed by atoms with E-state index in [2.05, 4.69) is 10.3 Å². The van der Waals surface area contributed by atoms with Crippen molar-refractivity contribution in [3.05, 3.63) is 57.6 Å². The van der Waals surface area contributed by atoms with Crippen molar-refractivity contribution in [3.63, 3.8) is 0 Å². The molecular weight excluding hydrogens is 346 g/mol. The first-order valence-corrected chi connectivity index (χ1v) is 8.86. The molecule has 0 spiro atoms. The molecule has 3 rings (SSSR count). The molecule has 24 heavy (non-hydrogen) atoms. The normalized spacial score (nSPS) is 10.7. The lowest BCUT2D eigenvalue weighted by Crippen LogP contribution is -2.13. The van der Waals surface area contributed by atoms with Crippen molar-refractivity contribution in [1.82, 2.24) is 4.98 Å². The number of rotatable bonds is 5. The van der Waals surface area contributed by atoms with Crippen LogP contribution in [0.4, 0.5) is 11.4 Å². The number of thioether (sulfide) groups is 1. The van der Waals surface area contributed by atoms with Crippen LogP contribution in [0.1, 0.15) is 5.01 Å². The predicted octanol–water partition coefficient (Wildman–Crippen LogP) is 4.24. The topological polar surface area (TPSA) is 85.1 Å². The van der Waals surface area contributed by atoms with Crippen molar-refractivity contribution in [2.45, 2.75) is 11.8 Å². The van der Waals surface area contributed by atoms with E-state index in [0.29, 0.717) is 0 Å². The van der Waals surface area contributed by atoms with Crippen molar-refractivity contribution in [1.29, 1.82) is 0 Å². The molecule has 3 aromatic rings. The summed E-state index contributed by atoms with van der Waals surface area (Å²) in [7, 11) is 0. The summed E-state index contributed by atoms with van der Waals surface area (Å²) in [6, 6.07) is 11.8. The number of nitro groups is 1. The molecule has 1 aromatic heterocycles. The maximum Gasteiger partial charge on any atom is 0.269 e. The number of nitro benzene ring substituents is 1. The van der Waals surface area contributed by atoms with Crippen molar-refractivity contribution < 1.29 is 9.72 Å². The molecule has 8 heteroatoms. The van der Waals surface area contributed by atoms with Crippen molar-refractivity contribution in [2.75, 3.05) is 11.1 Å². The van der Waals surface area contributed by atoms with E-state index in [0.717, 1.165) is 25.8 Å². The van der Waals surface area contributed by atoms with Crippen LogP contribution in [0.5, 0.6) is 0 Å². The predicted molar refractivity (Wildman–Crippen MR) is 96.8 cm³/mol. The molecule has 122 valence electrons. The minimum Gasteiger partial charge on any atom is -0.325 e. The molecule has 1 heterocycles. The van der Waals surface area contributed by atoms with Gasteiger partial charge in [-0.1, -0.05) is 0 Å². The summed E-state index contributed by atoms with van der Waals surface area (Å²) in [6.45, 7) is 1.95. The maximum atomic E-state index is 12.0. The smallest absolute Gasteiger partial charge is 0.269 e. The monoisotopic (exact) mass is 359 g/mol. The minimum atomic E-state index is -0.446. The highest BCUT2D eigenvalue weighted by atomic mass is 32.2. The molecule has 0 aliphatic heterocycles. The Bertz CT molecular complexity index is 907. The Labute approximate surface area is 146 Å². The van der Waals surface area contributed by atoms with E-state index in [4.69, 9.17) is 0 Å². The molecule has 0 unspecified atom stereocenters. The van der Waals surface area contributed by atoms with E-state index in [-0.39, 0.29) is 17.3 Å². The van der Waals surface area contributed by atoms with Crippen molar-refractivity contribution in [2.24, 2.45) is 0 Å². The first-order valence-electron chi connectivity index (χ1n) is 7.05. The number of benzene rings is 2. The molecule has 0 aliphatic rings. The van der Waals surface area contributed by atoms with Gasteiger partial charge in [0.2, 0.25) is 5.91 Å². The van der Waals surface area contributed by atoms with E-state index >= 15 is 0 Å². The maximum absolute atomic E-state index is 12.0. The number of thiazole rings is 1. The SMILES string of the molecule is Cc1nc2ccc(NC(=O)CSc3ccc([N+](=O)[O-])cc3)cc2s1. The van der Waals surface area contributed by atoms with E-state index < -0.39 is 4.92 Å². The molecular formula is C16H13N3O3S2. The average molecular weight is 359 g/mol. The van der Waals surface area contributed by atoms with Gasteiger partial charge in [-0.05, 0) is 37.3 Å². The molecule has 0 atom stereocenters. The molecule has 0 saturated heterocycles. The number of hydrogen-bond donors (Lipinski definition) is 1. The molecule has 2 aromatic carbocycles. The van der Waals surface area contributed by atoms with Gasteiger partial charge >= 0.3 is 0 Å². The molecule has 1 amide bonds. The van der Waals surface area contributed by atoms with Crippen molar-refractivity contribution in [3.8, 4) is 0 Å². The van der Waals surface area contributed by atoms with Gasteiger partial charge in [0, 0.05) is 22.7 Å². The zero-order chi connectivity index (χ0) is 17.1. The first-order chi connectivity index (χ1) is 11.5. The largest absolute Gasteiger partial charge is 0.325 e. The summed E-state index contributed by atoms with van der Waals surface area (Å²) in [5.41, 5.74) is 1.70. The summed E-state index contributed by atoms with van der Waals surface area (Å²) in [5, 5.41) is 14.4. The molecule has 6 nitrogen and oxygen atoms in total. The summed E-state index contributed by atoms with van der Waals surface area (Å²) in [5.74, 6) is 0.108. The fraction of sp³-hybridized carbons (Fsp3) is 0.125. The number of aromatic nitrogens is 1. The molecule has 0 aliphatic carbocycles. The number of carbonyl (C=O) groups is 1. The molecule has 0 fully saturated rings. The van der Waals surface area contributed by atoms with E-state index in [1.54, 1.807) is 23.5 Å². The zero-order valence-corrected chi connectivity index (χ0v) is 14.3. The quantitative estimate of drug-likeness (QED) is 0.418. The van der Waals surface area contributed by atoms with Crippen LogP contribution in [0.25, 0.3) is 10.2 Å². The fourth-order valence-electron chi connectivity index (χ4n) is 2.13. The number of aryl methyl sites for hydroxylation is 1. The zero-order valence-electron chi connectivity index (χ0n) is 12.7. The Morgan fingerprint density at radius 2 is 2.04 bits per heavy atom. The Morgan fingerprint density at radius 1 is 1.29 bits per heavy atom. The summed E-state index contributed by atoms with van der Waals surface area (Å²) < 4.78 is 1.04. The standard InChI is InChI=1S/C16H13N3O3S2/c1-10-17-14-7-2-11(8-15(14)24-10)18-16(20)9-23-13-5-3-12(4-6-13)19(21)22/h2-8H,9H2,1H3,(H,18,20). The molecule has 0 radical (unpaired) electrons. The van der Waals surface area contributed by atoms with E-state index in [9.17, 15) is 14.9 Å². The van der Waals surface area contributed by atoms with Crippen LogP contribution in [0, 0.1) is 17.0 Å². The van der Waals surface area contributed by atoms with Gasteiger partial charge in [-0.25, -0.2) is 4.98 Å². The lowest BCUT2D eigenvalue weighted by atomic mass is 10.3. The Hall–Kier alpha value is -2.45. The second kappa shape index (κ2) is 6.98. The molecule has 0 bridgehead atoms. The van der Waals surface area contributed by atoms with Crippen LogP contribution in [0.3, 0.4) is 0 Å². The van der Waals surface area contributed by atoms with Gasteiger partial charge in [0.15, 0.2) is 0 Å². The Balaban J connectivity index is 1.59. The van der Waals surface area contributed by atoms with Crippen LogP contribution >= 0.6 is 23.1 Å². The molecule has 0 saturated carbocycles. The van der Waals surface area contributed by atoms with Gasteiger partial charge in [-0.3, -0.25) is 14.9 Å². The Kier molecular flexibility index (Phi) is 4.77. The third-order valence-corrected chi connectivity index (χ3v) is 5.14. The molecule has 1 N–H and O–H groups in total. The van der Waals surface area contributed by atoms with Gasteiger partial charge in [0.05, 0.1) is 25.9 Å². The number of amides is 1. The van der Waals surface area contributed by atoms with Crippen LogP contribution in [0.15, 0.2) is 47.4 Å². The highest BCUT2D eigenvalue weighted by Gasteiger charge is 2.08. The summed E-state index contributed by atoms with van der Waals surface area (Å²) in [6.07, 6.45) is 0. The van der Waals surface area contributed by atoms with Crippen LogP contribution in [0.2, 0.25) is 0 Å². The number of non-ortho nitro benzene ring substituents is 1. The van der Waals surface area contributed by atoms with E-state index in [1.807, 2.05) is 25.1 Å². The minimum absolute atomic E-state index is 0.0388. The highest BCUT2D eigenvalue weighted by Crippen LogP contribution is 2.25. The van der Waals surface area contributed by atoms with Gasteiger partial charge in [0.25, 0.3) is 5.69 Å². The average Bonchev–Trinajstić information content (AvgIpc) is 2.92. The summed E-state index contributed by atoms with van der Waals surface area (Å²) in [4.78, 5) is 27.4. The number of nitrogens with zero attached hydrogens (tertiary/aromatic N) is 2. The van der Waals surface area contributed by atoms with Crippen molar-refractivity contribution >= 4 is 50.6 Å². The highest BCUT2D eigenvalue weighted by molar-refractivity contribution is 8.00. The number of anilines is 1. The number of nitrogens with one attached hydrogen (secondary N) is 1. The first kappa shape index (κ1) is 16.4.